The molecule has 0 aliphatic rings. The van der Waals surface area contributed by atoms with Crippen LogP contribution in [0.4, 0.5) is 10.1 Å². The Hall–Kier alpha value is -1.88. The zero-order valence-electron chi connectivity index (χ0n) is 10.1. The molecule has 0 aliphatic carbocycles. The lowest BCUT2D eigenvalue weighted by Gasteiger charge is -2.09. The van der Waals surface area contributed by atoms with Crippen LogP contribution in [0.1, 0.15) is 10.4 Å². The highest BCUT2D eigenvalue weighted by Crippen LogP contribution is 2.22. The molecule has 0 bridgehead atoms. The topological polar surface area (TPSA) is 38.3 Å². The molecular weight excluding hydrogens is 313 g/mol. The third kappa shape index (κ3) is 3.12. The predicted molar refractivity (Wildman–Crippen MR) is 75.0 cm³/mol. The van der Waals surface area contributed by atoms with Crippen molar-refractivity contribution in [3.8, 4) is 5.75 Å². The Kier molecular flexibility index (Phi) is 4.16. The Morgan fingerprint density at radius 1 is 1.26 bits per heavy atom. The molecule has 0 aliphatic heterocycles. The van der Waals surface area contributed by atoms with Crippen LogP contribution in [0.5, 0.6) is 5.75 Å². The number of para-hydroxylation sites is 1. The predicted octanol–water partition coefficient (Wildman–Crippen LogP) is 3.85. The largest absolute Gasteiger partial charge is 0.496 e. The van der Waals surface area contributed by atoms with Crippen LogP contribution in [0.2, 0.25) is 0 Å². The lowest BCUT2D eigenvalue weighted by molar-refractivity contribution is 0.102. The van der Waals surface area contributed by atoms with Gasteiger partial charge in [0.25, 0.3) is 5.91 Å². The first kappa shape index (κ1) is 13.5. The molecule has 0 fully saturated rings. The van der Waals surface area contributed by atoms with Gasteiger partial charge < -0.3 is 10.1 Å². The first-order chi connectivity index (χ1) is 9.11. The molecule has 5 heteroatoms. The summed E-state index contributed by atoms with van der Waals surface area (Å²) >= 11 is 3.16. The lowest BCUT2D eigenvalue weighted by atomic mass is 10.2. The SMILES string of the molecule is COc1ccccc1C(=O)Nc1ccc(Br)cc1F. The summed E-state index contributed by atoms with van der Waals surface area (Å²) in [6, 6.07) is 11.2. The molecule has 0 unspecified atom stereocenters. The number of amides is 1. The van der Waals surface area contributed by atoms with Crippen LogP contribution in [0, 0.1) is 5.82 Å². The zero-order valence-corrected chi connectivity index (χ0v) is 11.7. The molecule has 0 aromatic heterocycles. The number of methoxy groups -OCH3 is 1. The summed E-state index contributed by atoms with van der Waals surface area (Å²) < 4.78 is 19.3. The van der Waals surface area contributed by atoms with Crippen LogP contribution < -0.4 is 10.1 Å². The number of halogens is 2. The molecule has 2 aromatic carbocycles. The van der Waals surface area contributed by atoms with Crippen molar-refractivity contribution >= 4 is 27.5 Å². The van der Waals surface area contributed by atoms with E-state index in [1.165, 1.54) is 19.2 Å². The monoisotopic (exact) mass is 323 g/mol. The van der Waals surface area contributed by atoms with Crippen molar-refractivity contribution in [2.45, 2.75) is 0 Å². The molecule has 2 aromatic rings. The van der Waals surface area contributed by atoms with Gasteiger partial charge in [0.05, 0.1) is 18.4 Å². The molecule has 19 heavy (non-hydrogen) atoms. The van der Waals surface area contributed by atoms with E-state index >= 15 is 0 Å². The van der Waals surface area contributed by atoms with E-state index in [1.807, 2.05) is 0 Å². The number of benzene rings is 2. The van der Waals surface area contributed by atoms with E-state index < -0.39 is 11.7 Å². The third-order valence-electron chi connectivity index (χ3n) is 2.53. The molecule has 3 nitrogen and oxygen atoms in total. The third-order valence-corrected chi connectivity index (χ3v) is 3.02. The summed E-state index contributed by atoms with van der Waals surface area (Å²) in [4.78, 5) is 12.1. The van der Waals surface area contributed by atoms with Crippen LogP contribution in [0.15, 0.2) is 46.9 Å². The minimum atomic E-state index is -0.502. The van der Waals surface area contributed by atoms with Gasteiger partial charge >= 0.3 is 0 Å². The number of hydrogen-bond acceptors (Lipinski definition) is 2. The maximum atomic E-state index is 13.6. The van der Waals surface area contributed by atoms with Crippen molar-refractivity contribution in [2.75, 3.05) is 12.4 Å². The number of nitrogens with one attached hydrogen (secondary N) is 1. The highest BCUT2D eigenvalue weighted by atomic mass is 79.9. The smallest absolute Gasteiger partial charge is 0.259 e. The van der Waals surface area contributed by atoms with Crippen LogP contribution in [0.3, 0.4) is 0 Å². The molecule has 1 amide bonds. The standard InChI is InChI=1S/C14H11BrFNO2/c1-19-13-5-3-2-4-10(13)14(18)17-12-7-6-9(15)8-11(12)16/h2-8H,1H3,(H,17,18). The van der Waals surface area contributed by atoms with E-state index in [0.29, 0.717) is 15.8 Å². The number of anilines is 1. The summed E-state index contributed by atoms with van der Waals surface area (Å²) in [5, 5.41) is 2.51. The van der Waals surface area contributed by atoms with Crippen molar-refractivity contribution < 1.29 is 13.9 Å². The van der Waals surface area contributed by atoms with E-state index in [4.69, 9.17) is 4.74 Å². The van der Waals surface area contributed by atoms with Crippen molar-refractivity contribution in [2.24, 2.45) is 0 Å². The highest BCUT2D eigenvalue weighted by molar-refractivity contribution is 9.10. The fraction of sp³-hybridized carbons (Fsp3) is 0.0714. The first-order valence-corrected chi connectivity index (χ1v) is 6.30. The van der Waals surface area contributed by atoms with Crippen molar-refractivity contribution in [1.82, 2.24) is 0 Å². The summed E-state index contributed by atoms with van der Waals surface area (Å²) in [6.07, 6.45) is 0. The maximum absolute atomic E-state index is 13.6. The number of ether oxygens (including phenoxy) is 1. The van der Waals surface area contributed by atoms with E-state index in [9.17, 15) is 9.18 Å². The Bertz CT molecular complexity index is 616. The normalized spacial score (nSPS) is 10.1. The van der Waals surface area contributed by atoms with Gasteiger partial charge in [-0.1, -0.05) is 28.1 Å². The van der Waals surface area contributed by atoms with Gasteiger partial charge in [0.2, 0.25) is 0 Å². The van der Waals surface area contributed by atoms with E-state index in [1.54, 1.807) is 30.3 Å². The van der Waals surface area contributed by atoms with Crippen LogP contribution in [0.25, 0.3) is 0 Å². The average Bonchev–Trinajstić information content (AvgIpc) is 2.41. The van der Waals surface area contributed by atoms with Gasteiger partial charge in [-0.2, -0.15) is 0 Å². The molecule has 0 saturated heterocycles. The minimum Gasteiger partial charge on any atom is -0.496 e. The van der Waals surface area contributed by atoms with Gasteiger partial charge in [0.1, 0.15) is 11.6 Å². The van der Waals surface area contributed by atoms with Crippen LogP contribution in [-0.4, -0.2) is 13.0 Å². The van der Waals surface area contributed by atoms with E-state index in [2.05, 4.69) is 21.2 Å². The zero-order chi connectivity index (χ0) is 13.8. The molecule has 2 rings (SSSR count). The van der Waals surface area contributed by atoms with Gasteiger partial charge in [0, 0.05) is 4.47 Å². The summed E-state index contributed by atoms with van der Waals surface area (Å²) in [5.41, 5.74) is 0.478. The first-order valence-electron chi connectivity index (χ1n) is 5.51. The molecule has 0 saturated carbocycles. The Balaban J connectivity index is 2.26. The number of carbonyl (C=O) groups excluding carboxylic acids is 1. The van der Waals surface area contributed by atoms with Crippen molar-refractivity contribution in [3.05, 3.63) is 58.3 Å². The molecule has 0 radical (unpaired) electrons. The number of hydrogen-bond donors (Lipinski definition) is 1. The Morgan fingerprint density at radius 2 is 2.00 bits per heavy atom. The molecule has 1 N–H and O–H groups in total. The van der Waals surface area contributed by atoms with Gasteiger partial charge in [-0.05, 0) is 30.3 Å². The van der Waals surface area contributed by atoms with Gasteiger partial charge in [0.15, 0.2) is 0 Å². The quantitative estimate of drug-likeness (QED) is 0.931. The van der Waals surface area contributed by atoms with E-state index in [0.717, 1.165) is 0 Å². The number of carbonyl (C=O) groups is 1. The second-order valence-corrected chi connectivity index (χ2v) is 4.69. The van der Waals surface area contributed by atoms with Crippen molar-refractivity contribution in [3.63, 3.8) is 0 Å². The maximum Gasteiger partial charge on any atom is 0.259 e. The second kappa shape index (κ2) is 5.84. The van der Waals surface area contributed by atoms with Gasteiger partial charge in [-0.15, -0.1) is 0 Å². The average molecular weight is 324 g/mol. The molecular formula is C14H11BrFNO2. The fourth-order valence-corrected chi connectivity index (χ4v) is 1.95. The molecule has 0 spiro atoms. The molecule has 0 atom stereocenters. The minimum absolute atomic E-state index is 0.124. The van der Waals surface area contributed by atoms with E-state index in [-0.39, 0.29) is 5.69 Å². The van der Waals surface area contributed by atoms with Gasteiger partial charge in [-0.25, -0.2) is 4.39 Å². The second-order valence-electron chi connectivity index (χ2n) is 3.78. The lowest BCUT2D eigenvalue weighted by Crippen LogP contribution is -2.14. The molecule has 0 heterocycles. The Morgan fingerprint density at radius 3 is 2.68 bits per heavy atom. The van der Waals surface area contributed by atoms with Crippen LogP contribution in [-0.2, 0) is 0 Å². The summed E-state index contributed by atoms with van der Waals surface area (Å²) in [5.74, 6) is -0.478. The summed E-state index contributed by atoms with van der Waals surface area (Å²) in [6.45, 7) is 0. The summed E-state index contributed by atoms with van der Waals surface area (Å²) in [7, 11) is 1.48. The Labute approximate surface area is 118 Å². The van der Waals surface area contributed by atoms with Crippen LogP contribution >= 0.6 is 15.9 Å². The number of rotatable bonds is 3. The van der Waals surface area contributed by atoms with Crippen molar-refractivity contribution in [1.29, 1.82) is 0 Å². The molecule has 98 valence electrons. The highest BCUT2D eigenvalue weighted by Gasteiger charge is 2.13. The fourth-order valence-electron chi connectivity index (χ4n) is 1.61. The van der Waals surface area contributed by atoms with Gasteiger partial charge in [-0.3, -0.25) is 4.79 Å².